The van der Waals surface area contributed by atoms with Gasteiger partial charge in [-0.3, -0.25) is 4.79 Å². The number of para-hydroxylation sites is 1. The molecule has 0 radical (unpaired) electrons. The van der Waals surface area contributed by atoms with Crippen molar-refractivity contribution in [3.05, 3.63) is 52.5 Å². The van der Waals surface area contributed by atoms with Crippen molar-refractivity contribution < 1.29 is 14.3 Å². The van der Waals surface area contributed by atoms with Crippen molar-refractivity contribution in [1.82, 2.24) is 0 Å². The molecule has 5 heteroatoms. The maximum Gasteiger partial charge on any atom is 0.255 e. The molecule has 0 aliphatic carbocycles. The Bertz CT molecular complexity index is 686. The van der Waals surface area contributed by atoms with E-state index in [1.807, 2.05) is 38.1 Å². The second-order valence-electron chi connectivity index (χ2n) is 4.69. The van der Waals surface area contributed by atoms with E-state index in [1.54, 1.807) is 12.1 Å². The summed E-state index contributed by atoms with van der Waals surface area (Å²) in [6.45, 7) is 4.25. The van der Waals surface area contributed by atoms with Crippen LogP contribution in [0.3, 0.4) is 0 Å². The minimum absolute atomic E-state index is 0.252. The second kappa shape index (κ2) is 7.18. The summed E-state index contributed by atoms with van der Waals surface area (Å²) < 4.78 is 10.7. The van der Waals surface area contributed by atoms with Crippen molar-refractivity contribution in [1.29, 1.82) is 0 Å². The Kier molecular flexibility index (Phi) is 5.28. The van der Waals surface area contributed by atoms with Gasteiger partial charge in [0.2, 0.25) is 0 Å². The van der Waals surface area contributed by atoms with Gasteiger partial charge < -0.3 is 14.8 Å². The number of rotatable bonds is 5. The zero-order valence-corrected chi connectivity index (χ0v) is 13.5. The van der Waals surface area contributed by atoms with Gasteiger partial charge in [-0.05, 0) is 37.6 Å². The highest BCUT2D eigenvalue weighted by atomic mass is 35.5. The molecule has 0 unspecified atom stereocenters. The summed E-state index contributed by atoms with van der Waals surface area (Å²) in [5, 5.41) is 3.21. The van der Waals surface area contributed by atoms with Crippen LogP contribution < -0.4 is 14.8 Å². The SMILES string of the molecule is CCOc1c(Cl)cc(C(=O)Nc2ccccc2C)cc1OC. The molecule has 1 N–H and O–H groups in total. The minimum Gasteiger partial charge on any atom is -0.493 e. The highest BCUT2D eigenvalue weighted by Crippen LogP contribution is 2.36. The summed E-state index contributed by atoms with van der Waals surface area (Å²) >= 11 is 6.19. The van der Waals surface area contributed by atoms with Gasteiger partial charge in [0.15, 0.2) is 11.5 Å². The van der Waals surface area contributed by atoms with Crippen LogP contribution in [0.1, 0.15) is 22.8 Å². The average molecular weight is 320 g/mol. The van der Waals surface area contributed by atoms with E-state index >= 15 is 0 Å². The number of hydrogen-bond acceptors (Lipinski definition) is 3. The van der Waals surface area contributed by atoms with Gasteiger partial charge in [-0.15, -0.1) is 0 Å². The fraction of sp³-hybridized carbons (Fsp3) is 0.235. The first kappa shape index (κ1) is 16.2. The average Bonchev–Trinajstić information content (AvgIpc) is 2.51. The normalized spacial score (nSPS) is 10.2. The van der Waals surface area contributed by atoms with E-state index in [-0.39, 0.29) is 5.91 Å². The van der Waals surface area contributed by atoms with Crippen LogP contribution in [0, 0.1) is 6.92 Å². The molecule has 0 aromatic heterocycles. The molecule has 2 rings (SSSR count). The number of aryl methyl sites for hydroxylation is 1. The molecule has 0 heterocycles. The van der Waals surface area contributed by atoms with E-state index in [4.69, 9.17) is 21.1 Å². The highest BCUT2D eigenvalue weighted by Gasteiger charge is 2.16. The van der Waals surface area contributed by atoms with Crippen LogP contribution in [0.25, 0.3) is 0 Å². The number of methoxy groups -OCH3 is 1. The molecule has 2 aromatic carbocycles. The van der Waals surface area contributed by atoms with E-state index in [1.165, 1.54) is 7.11 Å². The molecule has 0 spiro atoms. The van der Waals surface area contributed by atoms with Crippen molar-refractivity contribution in [3.63, 3.8) is 0 Å². The summed E-state index contributed by atoms with van der Waals surface area (Å²) in [5.41, 5.74) is 2.16. The summed E-state index contributed by atoms with van der Waals surface area (Å²) in [6, 6.07) is 10.8. The third-order valence-corrected chi connectivity index (χ3v) is 3.45. The van der Waals surface area contributed by atoms with Gasteiger partial charge >= 0.3 is 0 Å². The lowest BCUT2D eigenvalue weighted by molar-refractivity contribution is 0.102. The second-order valence-corrected chi connectivity index (χ2v) is 5.10. The van der Waals surface area contributed by atoms with Crippen LogP contribution in [-0.4, -0.2) is 19.6 Å². The monoisotopic (exact) mass is 319 g/mol. The van der Waals surface area contributed by atoms with Crippen molar-refractivity contribution in [2.45, 2.75) is 13.8 Å². The number of carbonyl (C=O) groups excluding carboxylic acids is 1. The van der Waals surface area contributed by atoms with Crippen molar-refractivity contribution >= 4 is 23.2 Å². The third kappa shape index (κ3) is 3.52. The van der Waals surface area contributed by atoms with Crippen LogP contribution in [0.15, 0.2) is 36.4 Å². The number of benzene rings is 2. The molecule has 0 fully saturated rings. The van der Waals surface area contributed by atoms with E-state index in [2.05, 4.69) is 5.32 Å². The van der Waals surface area contributed by atoms with E-state index in [0.29, 0.717) is 28.7 Å². The van der Waals surface area contributed by atoms with Gasteiger partial charge in [-0.1, -0.05) is 29.8 Å². The fourth-order valence-corrected chi connectivity index (χ4v) is 2.31. The molecule has 0 aliphatic heterocycles. The lowest BCUT2D eigenvalue weighted by Crippen LogP contribution is -2.13. The quantitative estimate of drug-likeness (QED) is 0.893. The Hall–Kier alpha value is -2.20. The van der Waals surface area contributed by atoms with Crippen LogP contribution in [0.5, 0.6) is 11.5 Å². The Morgan fingerprint density at radius 3 is 2.64 bits per heavy atom. The molecular formula is C17H18ClNO3. The number of carbonyl (C=O) groups is 1. The smallest absolute Gasteiger partial charge is 0.255 e. The number of halogens is 1. The number of ether oxygens (including phenoxy) is 2. The summed E-state index contributed by atoms with van der Waals surface area (Å²) in [7, 11) is 1.51. The molecule has 0 atom stereocenters. The number of anilines is 1. The lowest BCUT2D eigenvalue weighted by Gasteiger charge is -2.13. The van der Waals surface area contributed by atoms with Gasteiger partial charge in [0.25, 0.3) is 5.91 Å². The summed E-state index contributed by atoms with van der Waals surface area (Å²) in [6.07, 6.45) is 0. The van der Waals surface area contributed by atoms with Gasteiger partial charge in [0.1, 0.15) is 0 Å². The number of nitrogens with one attached hydrogen (secondary N) is 1. The molecule has 4 nitrogen and oxygen atoms in total. The summed E-state index contributed by atoms with van der Waals surface area (Å²) in [5.74, 6) is 0.626. The van der Waals surface area contributed by atoms with Crippen molar-refractivity contribution in [2.75, 3.05) is 19.0 Å². The molecule has 0 saturated carbocycles. The predicted molar refractivity (Wildman–Crippen MR) is 88.3 cm³/mol. The lowest BCUT2D eigenvalue weighted by atomic mass is 10.1. The number of hydrogen-bond donors (Lipinski definition) is 1. The van der Waals surface area contributed by atoms with Gasteiger partial charge in [-0.2, -0.15) is 0 Å². The van der Waals surface area contributed by atoms with Gasteiger partial charge in [0.05, 0.1) is 18.7 Å². The molecule has 116 valence electrons. The van der Waals surface area contributed by atoms with Crippen LogP contribution in [0.2, 0.25) is 5.02 Å². The number of amides is 1. The maximum atomic E-state index is 12.4. The molecule has 0 bridgehead atoms. The third-order valence-electron chi connectivity index (χ3n) is 3.17. The molecule has 2 aromatic rings. The van der Waals surface area contributed by atoms with E-state index in [0.717, 1.165) is 11.3 Å². The maximum absolute atomic E-state index is 12.4. The molecule has 0 aliphatic rings. The fourth-order valence-electron chi connectivity index (χ4n) is 2.04. The Morgan fingerprint density at radius 2 is 2.00 bits per heavy atom. The molecular weight excluding hydrogens is 302 g/mol. The molecule has 1 amide bonds. The predicted octanol–water partition coefficient (Wildman–Crippen LogP) is 4.31. The zero-order chi connectivity index (χ0) is 16.1. The standard InChI is InChI=1S/C17H18ClNO3/c1-4-22-16-13(18)9-12(10-15(16)21-3)17(20)19-14-8-6-5-7-11(14)2/h5-10H,4H2,1-3H3,(H,19,20). The highest BCUT2D eigenvalue weighted by molar-refractivity contribution is 6.32. The van der Waals surface area contributed by atoms with Crippen molar-refractivity contribution in [2.24, 2.45) is 0 Å². The first-order chi connectivity index (χ1) is 10.6. The zero-order valence-electron chi connectivity index (χ0n) is 12.8. The van der Waals surface area contributed by atoms with Gasteiger partial charge in [-0.25, -0.2) is 0 Å². The first-order valence-corrected chi connectivity index (χ1v) is 7.32. The van der Waals surface area contributed by atoms with Crippen molar-refractivity contribution in [3.8, 4) is 11.5 Å². The Labute approximate surface area is 135 Å². The summed E-state index contributed by atoms with van der Waals surface area (Å²) in [4.78, 5) is 12.4. The van der Waals surface area contributed by atoms with Crippen LogP contribution in [-0.2, 0) is 0 Å². The minimum atomic E-state index is -0.252. The molecule has 0 saturated heterocycles. The largest absolute Gasteiger partial charge is 0.493 e. The van der Waals surface area contributed by atoms with E-state index < -0.39 is 0 Å². The Morgan fingerprint density at radius 1 is 1.27 bits per heavy atom. The van der Waals surface area contributed by atoms with Gasteiger partial charge in [0, 0.05) is 11.3 Å². The van der Waals surface area contributed by atoms with E-state index in [9.17, 15) is 4.79 Å². The molecule has 22 heavy (non-hydrogen) atoms. The first-order valence-electron chi connectivity index (χ1n) is 6.94. The van der Waals surface area contributed by atoms with Crippen LogP contribution >= 0.6 is 11.6 Å². The van der Waals surface area contributed by atoms with Crippen LogP contribution in [0.4, 0.5) is 5.69 Å². The topological polar surface area (TPSA) is 47.6 Å². The Balaban J connectivity index is 2.30.